The highest BCUT2D eigenvalue weighted by molar-refractivity contribution is 5.02. The van der Waals surface area contributed by atoms with Crippen LogP contribution in [0.25, 0.3) is 0 Å². The highest BCUT2D eigenvalue weighted by atomic mass is 16.4. The molecule has 1 aliphatic rings. The van der Waals surface area contributed by atoms with Crippen LogP contribution in [0.4, 0.5) is 0 Å². The number of likely N-dealkylation sites (tertiary alicyclic amines) is 1. The Kier molecular flexibility index (Phi) is 4.45. The Bertz CT molecular complexity index is 203. The normalized spacial score (nSPS) is 39.6. The topological polar surface area (TPSA) is 104 Å². The van der Waals surface area contributed by atoms with Gasteiger partial charge in [0.25, 0.3) is 0 Å². The first kappa shape index (κ1) is 12.8. The van der Waals surface area contributed by atoms with Gasteiger partial charge in [-0.15, -0.1) is 0 Å². The quantitative estimate of drug-likeness (QED) is 0.349. The van der Waals surface area contributed by atoms with E-state index in [0.29, 0.717) is 6.54 Å². The van der Waals surface area contributed by atoms with Gasteiger partial charge in [0.05, 0.1) is 43.6 Å². The van der Waals surface area contributed by atoms with Gasteiger partial charge in [0.1, 0.15) is 0 Å². The maximum absolute atomic E-state index is 9.69. The highest BCUT2D eigenvalue weighted by Gasteiger charge is 2.49. The van der Waals surface area contributed by atoms with Gasteiger partial charge in [-0.2, -0.15) is 0 Å². The Balaban J connectivity index is 2.85. The van der Waals surface area contributed by atoms with Crippen LogP contribution in [0.3, 0.4) is 0 Å². The summed E-state index contributed by atoms with van der Waals surface area (Å²) in [7, 11) is 0. The van der Waals surface area contributed by atoms with E-state index in [1.54, 1.807) is 11.8 Å². The first-order chi connectivity index (χ1) is 7.08. The van der Waals surface area contributed by atoms with Crippen molar-refractivity contribution in [1.29, 1.82) is 0 Å². The minimum Gasteiger partial charge on any atom is -0.395 e. The predicted molar refractivity (Wildman–Crippen MR) is 52.1 cm³/mol. The molecule has 1 rings (SSSR count). The maximum atomic E-state index is 9.69. The maximum Gasteiger partial charge on any atom is 0.0996 e. The van der Waals surface area contributed by atoms with Crippen molar-refractivity contribution >= 4 is 0 Å². The monoisotopic (exact) mass is 221 g/mol. The minimum absolute atomic E-state index is 0.291. The zero-order valence-electron chi connectivity index (χ0n) is 8.69. The molecule has 0 aromatic carbocycles. The molecule has 0 aliphatic carbocycles. The summed E-state index contributed by atoms with van der Waals surface area (Å²) < 4.78 is 0. The van der Waals surface area contributed by atoms with Crippen LogP contribution in [-0.2, 0) is 0 Å². The zero-order valence-corrected chi connectivity index (χ0v) is 8.69. The standard InChI is InChI=1S/C9H19NO5/c1-2-10-5(3-11)8(14)9(15)7(10)6(13)4-12/h5-9,11-15H,2-4H2,1H3/t5-,6-,7-,8-,9-/m1/s1. The molecule has 0 bridgehead atoms. The molecule has 0 aromatic heterocycles. The fraction of sp³-hybridized carbons (Fsp3) is 1.00. The second-order valence-corrected chi connectivity index (χ2v) is 3.80. The van der Waals surface area contributed by atoms with Crippen LogP contribution in [0.5, 0.6) is 0 Å². The Morgan fingerprint density at radius 1 is 1.20 bits per heavy atom. The van der Waals surface area contributed by atoms with E-state index in [1.807, 2.05) is 0 Å². The smallest absolute Gasteiger partial charge is 0.0996 e. The molecule has 15 heavy (non-hydrogen) atoms. The summed E-state index contributed by atoms with van der Waals surface area (Å²) in [5.41, 5.74) is 0. The van der Waals surface area contributed by atoms with Crippen LogP contribution < -0.4 is 0 Å². The van der Waals surface area contributed by atoms with Gasteiger partial charge in [-0.1, -0.05) is 6.92 Å². The molecule has 0 aromatic rings. The van der Waals surface area contributed by atoms with Crippen LogP contribution >= 0.6 is 0 Å². The molecule has 5 N–H and O–H groups in total. The summed E-state index contributed by atoms with van der Waals surface area (Å²) in [6, 6.07) is -1.32. The van der Waals surface area contributed by atoms with E-state index in [1.165, 1.54) is 0 Å². The molecule has 0 amide bonds. The van der Waals surface area contributed by atoms with Crippen LogP contribution in [0.2, 0.25) is 0 Å². The highest BCUT2D eigenvalue weighted by Crippen LogP contribution is 2.26. The van der Waals surface area contributed by atoms with E-state index >= 15 is 0 Å². The van der Waals surface area contributed by atoms with E-state index in [0.717, 1.165) is 0 Å². The van der Waals surface area contributed by atoms with E-state index in [2.05, 4.69) is 0 Å². The van der Waals surface area contributed by atoms with Crippen LogP contribution in [0.15, 0.2) is 0 Å². The lowest BCUT2D eigenvalue weighted by Gasteiger charge is -2.30. The van der Waals surface area contributed by atoms with Gasteiger partial charge in [-0.25, -0.2) is 0 Å². The van der Waals surface area contributed by atoms with Gasteiger partial charge in [0.2, 0.25) is 0 Å². The average molecular weight is 221 g/mol. The van der Waals surface area contributed by atoms with Gasteiger partial charge >= 0.3 is 0 Å². The summed E-state index contributed by atoms with van der Waals surface area (Å²) in [5.74, 6) is 0. The second-order valence-electron chi connectivity index (χ2n) is 3.80. The van der Waals surface area contributed by atoms with E-state index in [-0.39, 0.29) is 6.61 Å². The van der Waals surface area contributed by atoms with Crippen LogP contribution in [0.1, 0.15) is 6.92 Å². The molecule has 90 valence electrons. The Hall–Kier alpha value is -0.240. The second kappa shape index (κ2) is 5.20. The van der Waals surface area contributed by atoms with Gasteiger partial charge in [-0.05, 0) is 6.54 Å². The summed E-state index contributed by atoms with van der Waals surface area (Å²) in [6.07, 6.45) is -3.36. The van der Waals surface area contributed by atoms with Crippen molar-refractivity contribution in [3.63, 3.8) is 0 Å². The molecule has 6 heteroatoms. The van der Waals surface area contributed by atoms with E-state index < -0.39 is 37.0 Å². The van der Waals surface area contributed by atoms with Crippen molar-refractivity contribution in [3.05, 3.63) is 0 Å². The molecule has 6 nitrogen and oxygen atoms in total. The Labute approximate surface area is 88.4 Å². The lowest BCUT2D eigenvalue weighted by atomic mass is 10.0. The zero-order chi connectivity index (χ0) is 11.6. The average Bonchev–Trinajstić information content (AvgIpc) is 2.50. The first-order valence-electron chi connectivity index (χ1n) is 5.10. The molecular formula is C9H19NO5. The Morgan fingerprint density at radius 2 is 1.80 bits per heavy atom. The third kappa shape index (κ3) is 2.15. The predicted octanol–water partition coefficient (Wildman–Crippen LogP) is -2.87. The molecule has 0 spiro atoms. The van der Waals surface area contributed by atoms with Crippen molar-refractivity contribution in [2.75, 3.05) is 19.8 Å². The van der Waals surface area contributed by atoms with Crippen molar-refractivity contribution in [2.45, 2.75) is 37.3 Å². The fourth-order valence-corrected chi connectivity index (χ4v) is 2.26. The summed E-state index contributed by atoms with van der Waals surface area (Å²) in [4.78, 5) is 1.61. The van der Waals surface area contributed by atoms with Crippen molar-refractivity contribution in [2.24, 2.45) is 0 Å². The van der Waals surface area contributed by atoms with E-state index in [4.69, 9.17) is 10.2 Å². The molecule has 1 aliphatic heterocycles. The van der Waals surface area contributed by atoms with Gasteiger partial charge < -0.3 is 25.5 Å². The van der Waals surface area contributed by atoms with Crippen molar-refractivity contribution < 1.29 is 25.5 Å². The van der Waals surface area contributed by atoms with Gasteiger partial charge in [-0.3, -0.25) is 4.90 Å². The number of likely N-dealkylation sites (N-methyl/N-ethyl adjacent to an activating group) is 1. The number of hydrogen-bond donors (Lipinski definition) is 5. The fourth-order valence-electron chi connectivity index (χ4n) is 2.26. The summed E-state index contributed by atoms with van der Waals surface area (Å²) in [6.45, 7) is 1.50. The third-order valence-electron chi connectivity index (χ3n) is 3.04. The van der Waals surface area contributed by atoms with Gasteiger partial charge in [0, 0.05) is 0 Å². The number of nitrogens with zero attached hydrogens (tertiary/aromatic N) is 1. The molecule has 0 unspecified atom stereocenters. The van der Waals surface area contributed by atoms with Gasteiger partial charge in [0.15, 0.2) is 0 Å². The minimum atomic E-state index is -1.15. The lowest BCUT2D eigenvalue weighted by Crippen LogP contribution is -2.48. The SMILES string of the molecule is CCN1[C@H]([C@H](O)CO)[C@@H](O)[C@H](O)[C@H]1CO. The molecular weight excluding hydrogens is 202 g/mol. The molecule has 0 saturated carbocycles. The van der Waals surface area contributed by atoms with E-state index in [9.17, 15) is 15.3 Å². The molecule has 5 atom stereocenters. The first-order valence-corrected chi connectivity index (χ1v) is 5.10. The van der Waals surface area contributed by atoms with Crippen molar-refractivity contribution in [1.82, 2.24) is 4.90 Å². The van der Waals surface area contributed by atoms with Crippen LogP contribution in [0, 0.1) is 0 Å². The Morgan fingerprint density at radius 3 is 2.20 bits per heavy atom. The number of rotatable bonds is 4. The van der Waals surface area contributed by atoms with Crippen molar-refractivity contribution in [3.8, 4) is 0 Å². The third-order valence-corrected chi connectivity index (χ3v) is 3.04. The largest absolute Gasteiger partial charge is 0.395 e. The lowest BCUT2D eigenvalue weighted by molar-refractivity contribution is -0.0296. The summed E-state index contributed by atoms with van der Waals surface area (Å²) in [5, 5.41) is 46.7. The molecule has 1 saturated heterocycles. The molecule has 0 radical (unpaired) electrons. The molecule has 1 heterocycles. The number of aliphatic hydroxyl groups is 5. The van der Waals surface area contributed by atoms with Crippen LogP contribution in [-0.4, -0.2) is 80.6 Å². The summed E-state index contributed by atoms with van der Waals surface area (Å²) >= 11 is 0. The molecule has 1 fully saturated rings. The number of aliphatic hydroxyl groups excluding tert-OH is 5. The number of hydrogen-bond acceptors (Lipinski definition) is 6.